The lowest BCUT2D eigenvalue weighted by molar-refractivity contribution is 0.0697. The maximum Gasteiger partial charge on any atom is 0.335 e. The summed E-state index contributed by atoms with van der Waals surface area (Å²) in [6, 6.07) is 5.85. The fraction of sp³-hybridized carbons (Fsp3) is 0.167. The molecule has 0 radical (unpaired) electrons. The minimum absolute atomic E-state index is 0.0524. The van der Waals surface area contributed by atoms with Gasteiger partial charge in [-0.2, -0.15) is 5.10 Å². The number of aromatic carboxylic acids is 1. The van der Waals surface area contributed by atoms with E-state index in [1.54, 1.807) is 6.07 Å². The van der Waals surface area contributed by atoms with Crippen LogP contribution in [0.5, 0.6) is 0 Å². The number of hydrogen-bond acceptors (Lipinski definition) is 2. The number of carboxylic acid groups (broad SMARTS) is 1. The van der Waals surface area contributed by atoms with Gasteiger partial charge in [0.2, 0.25) is 0 Å². The lowest BCUT2D eigenvalue weighted by Gasteiger charge is -2.05. The van der Waals surface area contributed by atoms with Gasteiger partial charge in [0.1, 0.15) is 5.69 Å². The third kappa shape index (κ3) is 2.09. The highest BCUT2D eigenvalue weighted by atomic mass is 19.3. The normalized spacial score (nSPS) is 10.9. The molecule has 0 amide bonds. The first-order chi connectivity index (χ1) is 8.50. The Labute approximate surface area is 101 Å². The summed E-state index contributed by atoms with van der Waals surface area (Å²) in [4.78, 5) is 10.8. The average Bonchev–Trinajstić information content (AvgIpc) is 2.71. The standard InChI is InChI=1S/C12H10F2N2O2/c1-16-10(11(13)14)9(6-15-16)7-3-2-4-8(5-7)12(17)18/h2-6,11H,1H3,(H,17,18). The molecule has 2 aromatic rings. The van der Waals surface area contributed by atoms with E-state index in [0.29, 0.717) is 5.56 Å². The summed E-state index contributed by atoms with van der Waals surface area (Å²) >= 11 is 0. The fourth-order valence-electron chi connectivity index (χ4n) is 1.75. The molecule has 0 aliphatic heterocycles. The number of nitrogens with zero attached hydrogens (tertiary/aromatic N) is 2. The zero-order valence-electron chi connectivity index (χ0n) is 9.47. The number of aromatic nitrogens is 2. The van der Waals surface area contributed by atoms with Gasteiger partial charge in [0.05, 0.1) is 11.8 Å². The first-order valence-corrected chi connectivity index (χ1v) is 5.14. The predicted octanol–water partition coefficient (Wildman–Crippen LogP) is 2.72. The molecule has 0 saturated heterocycles. The van der Waals surface area contributed by atoms with E-state index in [1.807, 2.05) is 0 Å². The van der Waals surface area contributed by atoms with Crippen molar-refractivity contribution >= 4 is 5.97 Å². The Morgan fingerprint density at radius 3 is 2.78 bits per heavy atom. The van der Waals surface area contributed by atoms with E-state index in [1.165, 1.54) is 31.4 Å². The Kier molecular flexibility index (Phi) is 3.10. The molecule has 1 aromatic carbocycles. The van der Waals surface area contributed by atoms with E-state index in [0.717, 1.165) is 4.68 Å². The van der Waals surface area contributed by atoms with E-state index in [4.69, 9.17) is 5.11 Å². The molecule has 0 unspecified atom stereocenters. The zero-order chi connectivity index (χ0) is 13.3. The van der Waals surface area contributed by atoms with E-state index in [-0.39, 0.29) is 16.8 Å². The number of rotatable bonds is 3. The fourth-order valence-corrected chi connectivity index (χ4v) is 1.75. The van der Waals surface area contributed by atoms with E-state index in [9.17, 15) is 13.6 Å². The van der Waals surface area contributed by atoms with Crippen LogP contribution in [0.25, 0.3) is 11.1 Å². The second kappa shape index (κ2) is 4.56. The lowest BCUT2D eigenvalue weighted by atomic mass is 10.0. The molecule has 6 heteroatoms. The summed E-state index contributed by atoms with van der Waals surface area (Å²) in [5.41, 5.74) is 0.489. The van der Waals surface area contributed by atoms with Crippen LogP contribution in [0.3, 0.4) is 0 Å². The van der Waals surface area contributed by atoms with Gasteiger partial charge in [-0.3, -0.25) is 4.68 Å². The van der Waals surface area contributed by atoms with Gasteiger partial charge in [-0.1, -0.05) is 12.1 Å². The molecule has 94 valence electrons. The van der Waals surface area contributed by atoms with Gasteiger partial charge in [0.15, 0.2) is 0 Å². The molecule has 0 atom stereocenters. The molecule has 0 bridgehead atoms. The van der Waals surface area contributed by atoms with Gasteiger partial charge in [0, 0.05) is 12.6 Å². The molecular weight excluding hydrogens is 242 g/mol. The smallest absolute Gasteiger partial charge is 0.335 e. The van der Waals surface area contributed by atoms with Gasteiger partial charge in [-0.15, -0.1) is 0 Å². The average molecular weight is 252 g/mol. The van der Waals surface area contributed by atoms with Crippen LogP contribution in [0.4, 0.5) is 8.78 Å². The highest BCUT2D eigenvalue weighted by molar-refractivity contribution is 5.89. The van der Waals surface area contributed by atoms with Crippen LogP contribution in [-0.4, -0.2) is 20.9 Å². The lowest BCUT2D eigenvalue weighted by Crippen LogP contribution is -2.00. The van der Waals surface area contributed by atoms with E-state index < -0.39 is 12.4 Å². The minimum Gasteiger partial charge on any atom is -0.478 e. The van der Waals surface area contributed by atoms with Crippen LogP contribution in [0.2, 0.25) is 0 Å². The molecule has 1 heterocycles. The molecule has 2 rings (SSSR count). The van der Waals surface area contributed by atoms with Gasteiger partial charge in [-0.25, -0.2) is 13.6 Å². The number of carboxylic acids is 1. The second-order valence-electron chi connectivity index (χ2n) is 3.75. The van der Waals surface area contributed by atoms with E-state index >= 15 is 0 Å². The first kappa shape index (κ1) is 12.2. The maximum atomic E-state index is 12.9. The van der Waals surface area contributed by atoms with Crippen molar-refractivity contribution in [3.63, 3.8) is 0 Å². The summed E-state index contributed by atoms with van der Waals surface area (Å²) in [5, 5.41) is 12.6. The van der Waals surface area contributed by atoms with Crippen molar-refractivity contribution in [1.82, 2.24) is 9.78 Å². The van der Waals surface area contributed by atoms with Crippen LogP contribution in [-0.2, 0) is 7.05 Å². The molecule has 0 fully saturated rings. The van der Waals surface area contributed by atoms with Crippen molar-refractivity contribution in [1.29, 1.82) is 0 Å². The van der Waals surface area contributed by atoms with Crippen LogP contribution in [0, 0.1) is 0 Å². The number of carbonyl (C=O) groups is 1. The second-order valence-corrected chi connectivity index (χ2v) is 3.75. The minimum atomic E-state index is -2.67. The number of aryl methyl sites for hydroxylation is 1. The molecule has 18 heavy (non-hydrogen) atoms. The molecule has 0 saturated carbocycles. The van der Waals surface area contributed by atoms with Crippen LogP contribution in [0.15, 0.2) is 30.5 Å². The number of halogens is 2. The molecular formula is C12H10F2N2O2. The number of benzene rings is 1. The Balaban J connectivity index is 2.55. The summed E-state index contributed by atoms with van der Waals surface area (Å²) in [7, 11) is 1.42. The van der Waals surface area contributed by atoms with Crippen molar-refractivity contribution in [3.05, 3.63) is 41.7 Å². The first-order valence-electron chi connectivity index (χ1n) is 5.14. The summed E-state index contributed by atoms with van der Waals surface area (Å²) in [6.45, 7) is 0. The van der Waals surface area contributed by atoms with Crippen molar-refractivity contribution < 1.29 is 18.7 Å². The largest absolute Gasteiger partial charge is 0.478 e. The molecule has 0 aliphatic rings. The predicted molar refractivity (Wildman–Crippen MR) is 60.6 cm³/mol. The Morgan fingerprint density at radius 1 is 1.44 bits per heavy atom. The van der Waals surface area contributed by atoms with Crippen molar-refractivity contribution in [2.24, 2.45) is 7.05 Å². The van der Waals surface area contributed by atoms with Crippen molar-refractivity contribution in [2.45, 2.75) is 6.43 Å². The molecule has 1 aromatic heterocycles. The third-order valence-electron chi connectivity index (χ3n) is 2.61. The Hall–Kier alpha value is -2.24. The third-order valence-corrected chi connectivity index (χ3v) is 2.61. The van der Waals surface area contributed by atoms with Crippen LogP contribution < -0.4 is 0 Å². The van der Waals surface area contributed by atoms with Gasteiger partial charge in [-0.05, 0) is 17.7 Å². The Bertz CT molecular complexity index is 594. The van der Waals surface area contributed by atoms with Gasteiger partial charge < -0.3 is 5.11 Å². The summed E-state index contributed by atoms with van der Waals surface area (Å²) < 4.78 is 26.9. The molecule has 1 N–H and O–H groups in total. The van der Waals surface area contributed by atoms with Crippen LogP contribution >= 0.6 is 0 Å². The van der Waals surface area contributed by atoms with Crippen LogP contribution in [0.1, 0.15) is 22.5 Å². The SMILES string of the molecule is Cn1ncc(-c2cccc(C(=O)O)c2)c1C(F)F. The summed E-state index contributed by atoms with van der Waals surface area (Å²) in [5.74, 6) is -1.10. The van der Waals surface area contributed by atoms with Gasteiger partial charge in [0.25, 0.3) is 6.43 Å². The number of alkyl halides is 2. The number of hydrogen-bond donors (Lipinski definition) is 1. The topological polar surface area (TPSA) is 55.1 Å². The quantitative estimate of drug-likeness (QED) is 0.913. The highest BCUT2D eigenvalue weighted by Gasteiger charge is 2.19. The van der Waals surface area contributed by atoms with E-state index in [2.05, 4.69) is 5.10 Å². The highest BCUT2D eigenvalue weighted by Crippen LogP contribution is 2.30. The molecule has 0 spiro atoms. The van der Waals surface area contributed by atoms with Crippen molar-refractivity contribution in [2.75, 3.05) is 0 Å². The molecule has 4 nitrogen and oxygen atoms in total. The maximum absolute atomic E-state index is 12.9. The zero-order valence-corrected chi connectivity index (χ0v) is 9.47. The monoisotopic (exact) mass is 252 g/mol. The van der Waals surface area contributed by atoms with Gasteiger partial charge >= 0.3 is 5.97 Å². The molecule has 0 aliphatic carbocycles. The van der Waals surface area contributed by atoms with Crippen molar-refractivity contribution in [3.8, 4) is 11.1 Å². The summed E-state index contributed by atoms with van der Waals surface area (Å²) in [6.07, 6.45) is -1.36. The Morgan fingerprint density at radius 2 is 2.17 bits per heavy atom.